The molecule has 4 nitrogen and oxygen atoms in total. The van der Waals surface area contributed by atoms with Crippen molar-refractivity contribution in [2.45, 2.75) is 18.9 Å². The van der Waals surface area contributed by atoms with Gasteiger partial charge in [0.1, 0.15) is 11.8 Å². The number of hydrogen-bond acceptors (Lipinski definition) is 3. The second-order valence-electron chi connectivity index (χ2n) is 5.15. The maximum atomic E-state index is 10.9. The quantitative estimate of drug-likeness (QED) is 0.432. The molecule has 2 aromatic carbocycles. The van der Waals surface area contributed by atoms with Crippen molar-refractivity contribution in [3.63, 3.8) is 0 Å². The lowest BCUT2D eigenvalue weighted by atomic mass is 10.0. The van der Waals surface area contributed by atoms with Crippen LogP contribution in [0.3, 0.4) is 0 Å². The Balaban J connectivity index is 2.26. The molecule has 1 atom stereocenters. The van der Waals surface area contributed by atoms with Crippen molar-refractivity contribution in [1.29, 1.82) is 0 Å². The van der Waals surface area contributed by atoms with Crippen LogP contribution in [0.5, 0.6) is 5.75 Å². The number of phenols is 1. The lowest BCUT2D eigenvalue weighted by molar-refractivity contribution is -0.138. The fourth-order valence-electron chi connectivity index (χ4n) is 2.15. The van der Waals surface area contributed by atoms with Crippen LogP contribution >= 0.6 is 67.8 Å². The van der Waals surface area contributed by atoms with Crippen LogP contribution in [0.25, 0.3) is 0 Å². The van der Waals surface area contributed by atoms with E-state index in [2.05, 4.69) is 67.8 Å². The third-order valence-corrected chi connectivity index (χ3v) is 6.16. The average molecular weight is 649 g/mol. The fraction of sp³-hybridized carbons (Fsp3) is 0.188. The zero-order valence-corrected chi connectivity index (χ0v) is 18.4. The van der Waals surface area contributed by atoms with E-state index in [9.17, 15) is 9.90 Å². The van der Waals surface area contributed by atoms with E-state index in [0.29, 0.717) is 6.42 Å². The number of rotatable bonds is 5. The summed E-state index contributed by atoms with van der Waals surface area (Å²) in [6.45, 7) is 0. The minimum Gasteiger partial charge on any atom is -0.507 e. The minimum absolute atomic E-state index is 0.289. The van der Waals surface area contributed by atoms with Crippen molar-refractivity contribution in [2.24, 2.45) is 5.73 Å². The van der Waals surface area contributed by atoms with Gasteiger partial charge in [-0.3, -0.25) is 4.79 Å². The molecule has 0 fully saturated rings. The fourth-order valence-corrected chi connectivity index (χ4v) is 5.01. The summed E-state index contributed by atoms with van der Waals surface area (Å²) < 4.78 is 3.00. The van der Waals surface area contributed by atoms with Crippen LogP contribution < -0.4 is 5.73 Å². The van der Waals surface area contributed by atoms with Gasteiger partial charge in [-0.25, -0.2) is 0 Å². The molecule has 4 N–H and O–H groups in total. The van der Waals surface area contributed by atoms with Crippen molar-refractivity contribution in [1.82, 2.24) is 0 Å². The van der Waals surface area contributed by atoms with Crippen molar-refractivity contribution >= 4 is 73.7 Å². The van der Waals surface area contributed by atoms with Crippen molar-refractivity contribution < 1.29 is 15.0 Å². The van der Waals surface area contributed by atoms with Crippen LogP contribution in [0.1, 0.15) is 16.7 Å². The number of aliphatic carboxylic acids is 1. The van der Waals surface area contributed by atoms with Gasteiger partial charge in [-0.05, 0) is 122 Å². The Morgan fingerprint density at radius 2 is 1.61 bits per heavy atom. The highest BCUT2D eigenvalue weighted by Crippen LogP contribution is 2.27. The first-order valence-corrected chi connectivity index (χ1v) is 9.94. The predicted molar refractivity (Wildman–Crippen MR) is 115 cm³/mol. The molecule has 0 spiro atoms. The minimum atomic E-state index is -0.988. The van der Waals surface area contributed by atoms with Crippen LogP contribution in [0.15, 0.2) is 30.3 Å². The van der Waals surface area contributed by atoms with Crippen LogP contribution in [0.2, 0.25) is 0 Å². The summed E-state index contributed by atoms with van der Waals surface area (Å²) in [5.74, 6) is -0.700. The van der Waals surface area contributed by atoms with Gasteiger partial charge in [0.15, 0.2) is 0 Å². The summed E-state index contributed by atoms with van der Waals surface area (Å²) in [6.07, 6.45) is 1.08. The number of carboxylic acid groups (broad SMARTS) is 1. The third kappa shape index (κ3) is 5.16. The van der Waals surface area contributed by atoms with Gasteiger partial charge in [0.25, 0.3) is 0 Å². The number of carboxylic acids is 1. The molecular formula is C16H14I3NO3. The Hall–Kier alpha value is -0.140. The van der Waals surface area contributed by atoms with Gasteiger partial charge in [-0.1, -0.05) is 6.07 Å². The number of aromatic hydroxyl groups is 1. The number of carbonyl (C=O) groups is 1. The van der Waals surface area contributed by atoms with E-state index >= 15 is 0 Å². The molecule has 0 saturated heterocycles. The maximum absolute atomic E-state index is 10.9. The van der Waals surface area contributed by atoms with Gasteiger partial charge in [0, 0.05) is 7.14 Å². The normalized spacial score (nSPS) is 12.2. The number of phenolic OH excluding ortho intramolecular Hbond substituents is 1. The van der Waals surface area contributed by atoms with Gasteiger partial charge in [0.05, 0.1) is 3.57 Å². The Labute approximate surface area is 175 Å². The van der Waals surface area contributed by atoms with E-state index in [-0.39, 0.29) is 5.75 Å². The number of hydrogen-bond donors (Lipinski definition) is 3. The van der Waals surface area contributed by atoms with Crippen molar-refractivity contribution in [3.8, 4) is 5.75 Å². The maximum Gasteiger partial charge on any atom is 0.320 e. The topological polar surface area (TPSA) is 83.5 Å². The summed E-state index contributed by atoms with van der Waals surface area (Å²) in [7, 11) is 0. The summed E-state index contributed by atoms with van der Waals surface area (Å²) in [5, 5.41) is 18.5. The molecule has 7 heteroatoms. The summed E-state index contributed by atoms with van der Waals surface area (Å²) in [4.78, 5) is 10.9. The van der Waals surface area contributed by atoms with E-state index in [1.807, 2.05) is 24.3 Å². The lowest BCUT2D eigenvalue weighted by Gasteiger charge is -2.13. The van der Waals surface area contributed by atoms with E-state index in [1.54, 1.807) is 6.07 Å². The zero-order valence-electron chi connectivity index (χ0n) is 11.9. The molecule has 0 aliphatic carbocycles. The molecule has 122 valence electrons. The predicted octanol–water partition coefficient (Wildman–Crippen LogP) is 3.75. The molecule has 23 heavy (non-hydrogen) atoms. The molecule has 0 aliphatic rings. The highest BCUT2D eigenvalue weighted by Gasteiger charge is 2.15. The summed E-state index contributed by atoms with van der Waals surface area (Å²) in [6, 6.07) is 8.69. The van der Waals surface area contributed by atoms with Crippen molar-refractivity contribution in [2.75, 3.05) is 0 Å². The molecule has 0 bridgehead atoms. The van der Waals surface area contributed by atoms with Crippen LogP contribution in [0.4, 0.5) is 0 Å². The highest BCUT2D eigenvalue weighted by molar-refractivity contribution is 14.1. The smallest absolute Gasteiger partial charge is 0.320 e. The van der Waals surface area contributed by atoms with E-state index in [4.69, 9.17) is 10.8 Å². The second-order valence-corrected chi connectivity index (χ2v) is 8.64. The Morgan fingerprint density at radius 3 is 2.13 bits per heavy atom. The molecule has 0 saturated carbocycles. The first-order valence-electron chi connectivity index (χ1n) is 6.70. The number of halogens is 3. The SMILES string of the molecule is N[C@@H](Cc1cc(I)c(Cc2ccc(O)c(I)c2)c(I)c1)C(=O)O. The standard InChI is InChI=1S/C16H14I3NO3/c17-11-5-9(7-14(20)16(22)23)6-12(18)10(11)3-8-1-2-15(21)13(19)4-8/h1-2,4-6,14,21H,3,7,20H2,(H,22,23)/t14-/m0/s1. The summed E-state index contributed by atoms with van der Waals surface area (Å²) in [5.41, 5.74) is 8.86. The first-order chi connectivity index (χ1) is 10.8. The Kier molecular flexibility index (Phi) is 6.92. The molecule has 0 heterocycles. The van der Waals surface area contributed by atoms with Gasteiger partial charge in [-0.15, -0.1) is 0 Å². The van der Waals surface area contributed by atoms with E-state index in [0.717, 1.165) is 28.3 Å². The number of nitrogens with two attached hydrogens (primary N) is 1. The average Bonchev–Trinajstić information content (AvgIpc) is 2.46. The van der Waals surface area contributed by atoms with Gasteiger partial charge in [-0.2, -0.15) is 0 Å². The van der Waals surface area contributed by atoms with E-state index < -0.39 is 12.0 Å². The monoisotopic (exact) mass is 649 g/mol. The van der Waals surface area contributed by atoms with Crippen LogP contribution in [-0.2, 0) is 17.6 Å². The van der Waals surface area contributed by atoms with E-state index in [1.165, 1.54) is 5.56 Å². The molecule has 2 rings (SSSR count). The van der Waals surface area contributed by atoms with Crippen LogP contribution in [-0.4, -0.2) is 22.2 Å². The zero-order chi connectivity index (χ0) is 17.1. The summed E-state index contributed by atoms with van der Waals surface area (Å²) >= 11 is 6.66. The van der Waals surface area contributed by atoms with Crippen LogP contribution in [0, 0.1) is 10.7 Å². The Bertz CT molecular complexity index is 726. The number of benzene rings is 2. The van der Waals surface area contributed by atoms with Gasteiger partial charge < -0.3 is 15.9 Å². The lowest BCUT2D eigenvalue weighted by Crippen LogP contribution is -2.32. The Morgan fingerprint density at radius 1 is 1.04 bits per heavy atom. The molecule has 0 aromatic heterocycles. The highest BCUT2D eigenvalue weighted by atomic mass is 127. The first kappa shape index (κ1) is 19.2. The molecular weight excluding hydrogens is 635 g/mol. The molecule has 2 aromatic rings. The third-order valence-electron chi connectivity index (χ3n) is 3.37. The van der Waals surface area contributed by atoms with Gasteiger partial charge >= 0.3 is 5.97 Å². The molecule has 0 aliphatic heterocycles. The van der Waals surface area contributed by atoms with Crippen molar-refractivity contribution in [3.05, 3.63) is 57.7 Å². The second kappa shape index (κ2) is 8.30. The molecule has 0 radical (unpaired) electrons. The molecule has 0 amide bonds. The molecule has 0 unspecified atom stereocenters. The largest absolute Gasteiger partial charge is 0.507 e. The van der Waals surface area contributed by atoms with Gasteiger partial charge in [0.2, 0.25) is 0 Å².